The Morgan fingerprint density at radius 2 is 1.82 bits per heavy atom. The average Bonchev–Trinajstić information content (AvgIpc) is 3.67. The Bertz CT molecular complexity index is 1790. The minimum Gasteiger partial charge on any atom is -0.710 e. The molecule has 1 aliphatic carbocycles. The number of amides is 2. The topological polar surface area (TPSA) is 127 Å². The van der Waals surface area contributed by atoms with Crippen molar-refractivity contribution in [2.24, 2.45) is 5.92 Å². The first kappa shape index (κ1) is 24.3. The van der Waals surface area contributed by atoms with Crippen LogP contribution in [0.15, 0.2) is 47.4 Å². The van der Waals surface area contributed by atoms with Crippen molar-refractivity contribution in [3.63, 3.8) is 0 Å². The van der Waals surface area contributed by atoms with E-state index in [2.05, 4.69) is 5.10 Å². The highest BCUT2D eigenvalue weighted by Gasteiger charge is 2.50. The molecule has 7 rings (SSSR count). The van der Waals surface area contributed by atoms with Crippen LogP contribution in [0, 0.1) is 23.9 Å². The molecule has 5 heterocycles. The van der Waals surface area contributed by atoms with E-state index in [1.54, 1.807) is 30.5 Å². The van der Waals surface area contributed by atoms with Crippen LogP contribution in [0.4, 0.5) is 4.39 Å². The molecule has 1 N–H and O–H groups in total. The van der Waals surface area contributed by atoms with Crippen molar-refractivity contribution in [1.29, 1.82) is 0 Å². The molecule has 0 radical (unpaired) electrons. The van der Waals surface area contributed by atoms with Crippen molar-refractivity contribution in [2.75, 3.05) is 6.54 Å². The normalized spacial score (nSPS) is 18.5. The summed E-state index contributed by atoms with van der Waals surface area (Å²) in [6, 6.07) is 9.12. The lowest BCUT2D eigenvalue weighted by molar-refractivity contribution is -0.586. The lowest BCUT2D eigenvalue weighted by Gasteiger charge is -2.30. The molecule has 0 saturated heterocycles. The number of benzene rings is 1. The Morgan fingerprint density at radius 3 is 2.55 bits per heavy atom. The fourth-order valence-corrected chi connectivity index (χ4v) is 5.98. The molecule has 2 aliphatic heterocycles. The maximum Gasteiger partial charge on any atom is 0.310 e. The lowest BCUT2D eigenvalue weighted by Crippen LogP contribution is -2.40. The van der Waals surface area contributed by atoms with E-state index in [1.807, 2.05) is 6.92 Å². The van der Waals surface area contributed by atoms with Gasteiger partial charge in [0.15, 0.2) is 17.6 Å². The van der Waals surface area contributed by atoms with Crippen molar-refractivity contribution in [1.82, 2.24) is 24.0 Å². The molecule has 11 nitrogen and oxygen atoms in total. The second-order valence-corrected chi connectivity index (χ2v) is 10.7. The van der Waals surface area contributed by atoms with E-state index < -0.39 is 35.1 Å². The number of rotatable bonds is 5. The number of imidazole rings is 1. The molecule has 1 aromatic carbocycles. The number of carbonyl (C=O) groups is 2. The molecule has 1 saturated carbocycles. The minimum absolute atomic E-state index is 0.00730. The van der Waals surface area contributed by atoms with Gasteiger partial charge in [-0.2, -0.15) is 0 Å². The lowest BCUT2D eigenvalue weighted by atomic mass is 9.95. The van der Waals surface area contributed by atoms with Gasteiger partial charge in [-0.25, -0.2) is 9.12 Å². The first-order chi connectivity index (χ1) is 19.2. The quantitative estimate of drug-likeness (QED) is 0.303. The number of nitrogens with zero attached hydrogens (tertiary/aromatic N) is 6. The highest BCUT2D eigenvalue weighted by atomic mass is 19.1. The molecular weight excluding hydrogens is 519 g/mol. The fourth-order valence-electron chi connectivity index (χ4n) is 5.98. The van der Waals surface area contributed by atoms with Crippen molar-refractivity contribution >= 4 is 17.5 Å². The Kier molecular flexibility index (Phi) is 5.25. The van der Waals surface area contributed by atoms with Crippen LogP contribution in [0.1, 0.15) is 62.4 Å². The first-order valence-corrected chi connectivity index (χ1v) is 13.2. The number of aromatic hydroxyl groups is 1. The van der Waals surface area contributed by atoms with Crippen molar-refractivity contribution in [3.05, 3.63) is 97.7 Å². The summed E-state index contributed by atoms with van der Waals surface area (Å²) in [7, 11) is 0. The zero-order valence-corrected chi connectivity index (χ0v) is 21.6. The van der Waals surface area contributed by atoms with Crippen LogP contribution >= 0.6 is 0 Å². The molecule has 2 amide bonds. The highest BCUT2D eigenvalue weighted by Crippen LogP contribution is 2.47. The standard InChI is InChI=1S/C28H25FN6O5/c1-15-2-9-21-33(30-15)14-19(35(21)40)13-32-25(17-5-6-17)34-23(27(32)38)20-10-11-31(12-16-3-7-18(29)8-4-16)26(37)22(20)24(36)28(34)39/h2-4,7-9,14,17,25,36H,5-6,10-13H2,1H3. The predicted octanol–water partition coefficient (Wildman–Crippen LogP) is 2.05. The summed E-state index contributed by atoms with van der Waals surface area (Å²) in [5, 5.41) is 28.4. The fraction of sp³-hybridized carbons (Fsp3) is 0.321. The summed E-state index contributed by atoms with van der Waals surface area (Å²) >= 11 is 0. The van der Waals surface area contributed by atoms with Crippen LogP contribution in [-0.4, -0.2) is 47.4 Å². The molecule has 1 atom stereocenters. The number of carbonyl (C=O) groups excluding carboxylic acids is 2. The van der Waals surface area contributed by atoms with Crippen LogP contribution in [-0.2, 0) is 19.5 Å². The third-order valence-corrected chi connectivity index (χ3v) is 8.04. The first-order valence-electron chi connectivity index (χ1n) is 13.2. The number of hydrogen-bond acceptors (Lipinski definition) is 6. The van der Waals surface area contributed by atoms with E-state index in [9.17, 15) is 29.1 Å². The summed E-state index contributed by atoms with van der Waals surface area (Å²) in [5.41, 5.74) is 1.49. The molecule has 12 heteroatoms. The van der Waals surface area contributed by atoms with Gasteiger partial charge >= 0.3 is 5.65 Å². The van der Waals surface area contributed by atoms with Crippen LogP contribution in [0.2, 0.25) is 0 Å². The number of aryl methyl sites for hydroxylation is 1. The van der Waals surface area contributed by atoms with E-state index in [-0.39, 0.29) is 48.9 Å². The van der Waals surface area contributed by atoms with Gasteiger partial charge in [0, 0.05) is 24.7 Å². The van der Waals surface area contributed by atoms with E-state index >= 15 is 0 Å². The summed E-state index contributed by atoms with van der Waals surface area (Å²) < 4.78 is 16.9. The van der Waals surface area contributed by atoms with E-state index in [4.69, 9.17) is 0 Å². The number of fused-ring (bicyclic) bond motifs is 4. The van der Waals surface area contributed by atoms with Crippen molar-refractivity contribution in [3.8, 4) is 5.75 Å². The molecule has 3 aromatic heterocycles. The third-order valence-electron chi connectivity index (χ3n) is 8.04. The molecule has 40 heavy (non-hydrogen) atoms. The van der Waals surface area contributed by atoms with Gasteiger partial charge in [0.2, 0.25) is 0 Å². The monoisotopic (exact) mass is 544 g/mol. The van der Waals surface area contributed by atoms with Gasteiger partial charge < -0.3 is 20.1 Å². The molecule has 0 bridgehead atoms. The molecule has 3 aliphatic rings. The van der Waals surface area contributed by atoms with Gasteiger partial charge in [-0.1, -0.05) is 17.2 Å². The number of aromatic nitrogens is 4. The number of hydrogen-bond donors (Lipinski definition) is 1. The Balaban J connectivity index is 1.28. The summed E-state index contributed by atoms with van der Waals surface area (Å²) in [5.74, 6) is -2.09. The van der Waals surface area contributed by atoms with Gasteiger partial charge in [0.05, 0.1) is 17.8 Å². The van der Waals surface area contributed by atoms with Gasteiger partial charge in [0.1, 0.15) is 17.7 Å². The molecule has 1 unspecified atom stereocenters. The Labute approximate surface area is 226 Å². The molecular formula is C28H25FN6O5. The second-order valence-electron chi connectivity index (χ2n) is 10.7. The maximum atomic E-state index is 14.0. The van der Waals surface area contributed by atoms with E-state index in [0.29, 0.717) is 16.8 Å². The Morgan fingerprint density at radius 1 is 1.07 bits per heavy atom. The van der Waals surface area contributed by atoms with Crippen molar-refractivity contribution in [2.45, 2.75) is 45.4 Å². The van der Waals surface area contributed by atoms with Crippen LogP contribution in [0.3, 0.4) is 0 Å². The average molecular weight is 545 g/mol. The number of halogens is 1. The van der Waals surface area contributed by atoms with Crippen LogP contribution in [0.5, 0.6) is 5.75 Å². The number of pyridine rings is 1. The van der Waals surface area contributed by atoms with Crippen LogP contribution < -0.4 is 10.3 Å². The molecule has 1 fully saturated rings. The summed E-state index contributed by atoms with van der Waals surface area (Å²) in [6.45, 7) is 2.17. The third kappa shape index (κ3) is 3.59. The maximum absolute atomic E-state index is 14.0. The van der Waals surface area contributed by atoms with Gasteiger partial charge in [-0.3, -0.25) is 19.0 Å². The summed E-state index contributed by atoms with van der Waals surface area (Å²) in [6.07, 6.45) is 2.73. The smallest absolute Gasteiger partial charge is 0.310 e. The molecule has 0 spiro atoms. The van der Waals surface area contributed by atoms with Gasteiger partial charge in [-0.05, 0) is 55.9 Å². The SMILES string of the molecule is Cc1ccc2n(cc(CN3C(=O)c4c5c(c(O)c(=O)n4C3C3CC3)C(=O)N(Cc3ccc(F)cc3)CC5)[n+]2[O-])n1. The second kappa shape index (κ2) is 8.63. The van der Waals surface area contributed by atoms with Gasteiger partial charge in [-0.15, -0.1) is 4.52 Å². The predicted molar refractivity (Wildman–Crippen MR) is 138 cm³/mol. The van der Waals surface area contributed by atoms with E-state index in [0.717, 1.165) is 23.3 Å². The molecule has 204 valence electrons. The zero-order valence-electron chi connectivity index (χ0n) is 21.6. The van der Waals surface area contributed by atoms with Crippen LogP contribution in [0.25, 0.3) is 5.65 Å². The van der Waals surface area contributed by atoms with Crippen molar-refractivity contribution < 1.29 is 23.8 Å². The molecule has 4 aromatic rings. The largest absolute Gasteiger partial charge is 0.710 e. The summed E-state index contributed by atoms with van der Waals surface area (Å²) in [4.78, 5) is 44.0. The van der Waals surface area contributed by atoms with E-state index in [1.165, 1.54) is 31.0 Å². The van der Waals surface area contributed by atoms with Gasteiger partial charge in [0.25, 0.3) is 17.4 Å². The minimum atomic E-state index is -0.798. The highest BCUT2D eigenvalue weighted by molar-refractivity contribution is 6.04. The Hall–Kier alpha value is -4.74. The zero-order chi connectivity index (χ0) is 27.9.